The quantitative estimate of drug-likeness (QED) is 0.875. The topological polar surface area (TPSA) is 29.3 Å². The Morgan fingerprint density at radius 1 is 1.00 bits per heavy atom. The summed E-state index contributed by atoms with van der Waals surface area (Å²) in [5, 5.41) is 0.830. The van der Waals surface area contributed by atoms with Gasteiger partial charge in [0.1, 0.15) is 0 Å². The number of nitrogens with zero attached hydrogens (tertiary/aromatic N) is 1. The van der Waals surface area contributed by atoms with E-state index in [0.29, 0.717) is 12.6 Å². The third-order valence-electron chi connectivity index (χ3n) is 4.02. The number of hydrogen-bond donors (Lipinski definition) is 1. The van der Waals surface area contributed by atoms with Gasteiger partial charge < -0.3 is 5.73 Å². The van der Waals surface area contributed by atoms with E-state index in [1.54, 1.807) is 0 Å². The van der Waals surface area contributed by atoms with E-state index in [1.165, 1.54) is 24.0 Å². The first-order valence-electron chi connectivity index (χ1n) is 7.51. The van der Waals surface area contributed by atoms with Crippen molar-refractivity contribution in [2.45, 2.75) is 38.5 Å². The summed E-state index contributed by atoms with van der Waals surface area (Å²) in [4.78, 5) is 2.53. The predicted octanol–water partition coefficient (Wildman–Crippen LogP) is 3.96. The largest absolute Gasteiger partial charge is 0.326 e. The molecule has 21 heavy (non-hydrogen) atoms. The molecule has 110 valence electrons. The molecule has 2 aromatic carbocycles. The molecule has 0 heterocycles. The monoisotopic (exact) mass is 300 g/mol. The van der Waals surface area contributed by atoms with Crippen molar-refractivity contribution >= 4 is 11.6 Å². The molecule has 0 saturated heterocycles. The average molecular weight is 301 g/mol. The molecule has 2 nitrogen and oxygen atoms in total. The molecule has 0 atom stereocenters. The highest BCUT2D eigenvalue weighted by Crippen LogP contribution is 2.31. The van der Waals surface area contributed by atoms with Gasteiger partial charge in [0.05, 0.1) is 0 Å². The van der Waals surface area contributed by atoms with E-state index >= 15 is 0 Å². The second-order valence-electron chi connectivity index (χ2n) is 5.75. The van der Waals surface area contributed by atoms with Crippen molar-refractivity contribution in [2.24, 2.45) is 5.73 Å². The summed E-state index contributed by atoms with van der Waals surface area (Å²) in [6.45, 7) is 2.43. The van der Waals surface area contributed by atoms with E-state index in [-0.39, 0.29) is 0 Å². The first-order chi connectivity index (χ1) is 10.3. The second-order valence-corrected chi connectivity index (χ2v) is 6.16. The highest BCUT2D eigenvalue weighted by atomic mass is 35.5. The Hall–Kier alpha value is -1.35. The molecular weight excluding hydrogens is 280 g/mol. The summed E-state index contributed by atoms with van der Waals surface area (Å²) in [5.41, 5.74) is 9.30. The fourth-order valence-corrected chi connectivity index (χ4v) is 2.90. The zero-order chi connectivity index (χ0) is 14.7. The van der Waals surface area contributed by atoms with E-state index in [9.17, 15) is 0 Å². The van der Waals surface area contributed by atoms with Crippen molar-refractivity contribution in [3.63, 3.8) is 0 Å². The lowest BCUT2D eigenvalue weighted by molar-refractivity contribution is 0.246. The normalized spacial score (nSPS) is 14.6. The summed E-state index contributed by atoms with van der Waals surface area (Å²) < 4.78 is 0. The molecule has 3 rings (SSSR count). The smallest absolute Gasteiger partial charge is 0.0454 e. The zero-order valence-corrected chi connectivity index (χ0v) is 12.9. The molecule has 2 N–H and O–H groups in total. The summed E-state index contributed by atoms with van der Waals surface area (Å²) in [6, 6.07) is 17.5. The molecule has 0 aromatic heterocycles. The molecule has 2 aromatic rings. The molecule has 0 bridgehead atoms. The van der Waals surface area contributed by atoms with E-state index in [0.717, 1.165) is 23.7 Å². The van der Waals surface area contributed by atoms with Crippen molar-refractivity contribution in [3.8, 4) is 0 Å². The van der Waals surface area contributed by atoms with Crippen molar-refractivity contribution < 1.29 is 0 Å². The lowest BCUT2D eigenvalue weighted by atomic mass is 10.1. The molecular formula is C18H21ClN2. The van der Waals surface area contributed by atoms with Gasteiger partial charge in [0.25, 0.3) is 0 Å². The standard InChI is InChI=1S/C18H21ClN2/c19-18-10-15(11-20)6-7-16(18)13-21(17-8-9-17)12-14-4-2-1-3-5-14/h1-7,10,17H,8-9,11-13,20H2. The lowest BCUT2D eigenvalue weighted by Crippen LogP contribution is -2.25. The Balaban J connectivity index is 1.73. The van der Waals surface area contributed by atoms with Crippen molar-refractivity contribution in [1.29, 1.82) is 0 Å². The number of nitrogens with two attached hydrogens (primary N) is 1. The molecule has 1 fully saturated rings. The fraction of sp³-hybridized carbons (Fsp3) is 0.333. The SMILES string of the molecule is NCc1ccc(CN(Cc2ccccc2)C2CC2)c(Cl)c1. The maximum Gasteiger partial charge on any atom is 0.0454 e. The molecule has 0 aliphatic heterocycles. The van der Waals surface area contributed by atoms with E-state index in [4.69, 9.17) is 17.3 Å². The first-order valence-corrected chi connectivity index (χ1v) is 7.89. The lowest BCUT2D eigenvalue weighted by Gasteiger charge is -2.23. The van der Waals surface area contributed by atoms with Gasteiger partial charge in [-0.2, -0.15) is 0 Å². The van der Waals surface area contributed by atoms with E-state index < -0.39 is 0 Å². The van der Waals surface area contributed by atoms with Gasteiger partial charge in [-0.1, -0.05) is 54.1 Å². The molecule has 0 amide bonds. The minimum absolute atomic E-state index is 0.538. The number of rotatable bonds is 6. The highest BCUT2D eigenvalue weighted by Gasteiger charge is 2.29. The van der Waals surface area contributed by atoms with Gasteiger partial charge in [-0.3, -0.25) is 4.90 Å². The Bertz CT molecular complexity index is 593. The van der Waals surface area contributed by atoms with Crippen molar-refractivity contribution in [1.82, 2.24) is 4.90 Å². The van der Waals surface area contributed by atoms with Crippen molar-refractivity contribution in [2.75, 3.05) is 0 Å². The van der Waals surface area contributed by atoms with Crippen LogP contribution in [0.5, 0.6) is 0 Å². The number of halogens is 1. The maximum absolute atomic E-state index is 6.40. The van der Waals surface area contributed by atoms with Crippen LogP contribution in [-0.4, -0.2) is 10.9 Å². The van der Waals surface area contributed by atoms with Gasteiger partial charge in [0, 0.05) is 30.7 Å². The zero-order valence-electron chi connectivity index (χ0n) is 12.1. The Kier molecular flexibility index (Phi) is 4.59. The first kappa shape index (κ1) is 14.6. The summed E-state index contributed by atoms with van der Waals surface area (Å²) in [7, 11) is 0. The minimum atomic E-state index is 0.538. The van der Waals surface area contributed by atoms with Gasteiger partial charge in [0.15, 0.2) is 0 Å². The maximum atomic E-state index is 6.40. The van der Waals surface area contributed by atoms with Crippen LogP contribution in [-0.2, 0) is 19.6 Å². The molecule has 1 aliphatic rings. The van der Waals surface area contributed by atoms with Gasteiger partial charge >= 0.3 is 0 Å². The number of benzene rings is 2. The van der Waals surface area contributed by atoms with Crippen LogP contribution in [0, 0.1) is 0 Å². The van der Waals surface area contributed by atoms with Crippen LogP contribution in [0.3, 0.4) is 0 Å². The third-order valence-corrected chi connectivity index (χ3v) is 4.37. The predicted molar refractivity (Wildman–Crippen MR) is 88.1 cm³/mol. The summed E-state index contributed by atoms with van der Waals surface area (Å²) in [5.74, 6) is 0. The van der Waals surface area contributed by atoms with Gasteiger partial charge in [-0.15, -0.1) is 0 Å². The summed E-state index contributed by atoms with van der Waals surface area (Å²) >= 11 is 6.40. The molecule has 3 heteroatoms. The van der Waals surface area contributed by atoms with Crippen LogP contribution in [0.25, 0.3) is 0 Å². The number of hydrogen-bond acceptors (Lipinski definition) is 2. The van der Waals surface area contributed by atoms with Gasteiger partial charge in [0.2, 0.25) is 0 Å². The molecule has 1 aliphatic carbocycles. The fourth-order valence-electron chi connectivity index (χ4n) is 2.64. The second kappa shape index (κ2) is 6.61. The van der Waals surface area contributed by atoms with Crippen LogP contribution in [0.2, 0.25) is 5.02 Å². The Morgan fingerprint density at radius 3 is 2.38 bits per heavy atom. The molecule has 0 radical (unpaired) electrons. The van der Waals surface area contributed by atoms with Gasteiger partial charge in [-0.25, -0.2) is 0 Å². The minimum Gasteiger partial charge on any atom is -0.326 e. The summed E-state index contributed by atoms with van der Waals surface area (Å²) in [6.07, 6.45) is 2.59. The molecule has 0 spiro atoms. The third kappa shape index (κ3) is 3.85. The van der Waals surface area contributed by atoms with Crippen LogP contribution < -0.4 is 5.73 Å². The van der Waals surface area contributed by atoms with Crippen LogP contribution >= 0.6 is 11.6 Å². The average Bonchev–Trinajstić information content (AvgIpc) is 3.34. The van der Waals surface area contributed by atoms with Crippen LogP contribution in [0.15, 0.2) is 48.5 Å². The highest BCUT2D eigenvalue weighted by molar-refractivity contribution is 6.31. The molecule has 1 saturated carbocycles. The Morgan fingerprint density at radius 2 is 1.76 bits per heavy atom. The molecule has 0 unspecified atom stereocenters. The van der Waals surface area contributed by atoms with E-state index in [2.05, 4.69) is 47.4 Å². The van der Waals surface area contributed by atoms with Crippen molar-refractivity contribution in [3.05, 3.63) is 70.2 Å². The van der Waals surface area contributed by atoms with Gasteiger partial charge in [-0.05, 0) is 35.6 Å². The van der Waals surface area contributed by atoms with E-state index in [1.807, 2.05) is 6.07 Å². The Labute approximate surface area is 131 Å². The van der Waals surface area contributed by atoms with Crippen LogP contribution in [0.1, 0.15) is 29.5 Å². The van der Waals surface area contributed by atoms with Crippen LogP contribution in [0.4, 0.5) is 0 Å².